The van der Waals surface area contributed by atoms with Crippen molar-refractivity contribution in [2.75, 3.05) is 6.61 Å². The lowest BCUT2D eigenvalue weighted by Gasteiger charge is -2.57. The lowest BCUT2D eigenvalue weighted by atomic mass is 9.48. The van der Waals surface area contributed by atoms with Crippen LogP contribution >= 0.6 is 0 Å². The highest BCUT2D eigenvalue weighted by Crippen LogP contribution is 2.62. The van der Waals surface area contributed by atoms with Gasteiger partial charge in [0.05, 0.1) is 11.1 Å². The van der Waals surface area contributed by atoms with Gasteiger partial charge in [-0.25, -0.2) is 9.59 Å². The molecule has 5 nitrogen and oxygen atoms in total. The van der Waals surface area contributed by atoms with Crippen LogP contribution in [-0.2, 0) is 10.2 Å². The molecular weight excluding hydrogens is 504 g/mol. The van der Waals surface area contributed by atoms with Crippen LogP contribution in [0.3, 0.4) is 0 Å². The average molecular weight is 547 g/mol. The van der Waals surface area contributed by atoms with Gasteiger partial charge in [0.1, 0.15) is 18.1 Å². The zero-order valence-corrected chi connectivity index (χ0v) is 25.0. The van der Waals surface area contributed by atoms with Gasteiger partial charge in [0, 0.05) is 0 Å². The normalized spacial score (nSPS) is 25.7. The number of carbonyl (C=O) groups excluding carboxylic acids is 2. The molecule has 0 heterocycles. The Morgan fingerprint density at radius 3 is 2.03 bits per heavy atom. The Morgan fingerprint density at radius 2 is 1.49 bits per heavy atom. The van der Waals surface area contributed by atoms with E-state index >= 15 is 0 Å². The van der Waals surface area contributed by atoms with Crippen molar-refractivity contribution in [2.24, 2.45) is 17.8 Å². The summed E-state index contributed by atoms with van der Waals surface area (Å²) in [5, 5.41) is 0.0770. The van der Waals surface area contributed by atoms with E-state index in [2.05, 4.69) is 46.5 Å². The molecule has 0 amide bonds. The van der Waals surface area contributed by atoms with Gasteiger partial charge in [-0.05, 0) is 128 Å². The topological polar surface area (TPSA) is 61.8 Å². The summed E-state index contributed by atoms with van der Waals surface area (Å²) in [5.41, 5.74) is 2.22. The molecule has 2 aromatic carbocycles. The van der Waals surface area contributed by atoms with Gasteiger partial charge in [-0.3, -0.25) is 0 Å². The molecule has 6 rings (SSSR count). The second-order valence-electron chi connectivity index (χ2n) is 13.6. The number of benzene rings is 2. The Kier molecular flexibility index (Phi) is 7.29. The number of hydrogen-bond acceptors (Lipinski definition) is 5. The van der Waals surface area contributed by atoms with Gasteiger partial charge in [-0.15, -0.1) is 0 Å². The van der Waals surface area contributed by atoms with Gasteiger partial charge in [0.2, 0.25) is 8.32 Å². The molecule has 0 unspecified atom stereocenters. The fourth-order valence-corrected chi connectivity index (χ4v) is 8.11. The Labute approximate surface area is 234 Å². The van der Waals surface area contributed by atoms with Gasteiger partial charge in [0.15, 0.2) is 0 Å². The molecule has 4 aliphatic rings. The molecule has 0 N–H and O–H groups in total. The van der Waals surface area contributed by atoms with E-state index in [1.807, 2.05) is 12.1 Å². The molecule has 0 atom stereocenters. The van der Waals surface area contributed by atoms with Crippen molar-refractivity contribution in [1.82, 2.24) is 0 Å². The molecule has 208 valence electrons. The highest BCUT2D eigenvalue weighted by atomic mass is 28.4. The number of esters is 2. The first-order chi connectivity index (χ1) is 18.4. The van der Waals surface area contributed by atoms with E-state index < -0.39 is 20.3 Å². The van der Waals surface area contributed by atoms with Crippen LogP contribution in [0.5, 0.6) is 11.5 Å². The van der Waals surface area contributed by atoms with Gasteiger partial charge in [0.25, 0.3) is 0 Å². The highest BCUT2D eigenvalue weighted by Gasteiger charge is 2.53. The van der Waals surface area contributed by atoms with E-state index in [0.29, 0.717) is 16.9 Å². The summed E-state index contributed by atoms with van der Waals surface area (Å²) in [5.74, 6) is 2.85. The fourth-order valence-electron chi connectivity index (χ4n) is 7.07. The van der Waals surface area contributed by atoms with E-state index in [1.165, 1.54) is 50.2 Å². The van der Waals surface area contributed by atoms with Gasteiger partial charge >= 0.3 is 11.9 Å². The molecule has 39 heavy (non-hydrogen) atoms. The molecule has 0 spiro atoms. The third-order valence-electron chi connectivity index (χ3n) is 9.63. The van der Waals surface area contributed by atoms with E-state index in [1.54, 1.807) is 24.3 Å². The van der Waals surface area contributed by atoms with Crippen molar-refractivity contribution < 1.29 is 23.5 Å². The molecule has 0 aromatic heterocycles. The quantitative estimate of drug-likeness (QED) is 0.145. The first-order valence-electron chi connectivity index (χ1n) is 14.3. The first kappa shape index (κ1) is 27.7. The van der Waals surface area contributed by atoms with Crippen LogP contribution in [0.25, 0.3) is 0 Å². The van der Waals surface area contributed by atoms with Crippen LogP contribution in [0.1, 0.15) is 85.6 Å². The first-order valence-corrected chi connectivity index (χ1v) is 17.2. The second-order valence-corrected chi connectivity index (χ2v) is 18.3. The molecule has 0 radical (unpaired) electrons. The molecule has 6 heteroatoms. The van der Waals surface area contributed by atoms with Gasteiger partial charge in [-0.1, -0.05) is 33.4 Å². The van der Waals surface area contributed by atoms with Crippen molar-refractivity contribution in [3.8, 4) is 11.5 Å². The summed E-state index contributed by atoms with van der Waals surface area (Å²) in [6.45, 7) is 15.1. The molecule has 4 aliphatic carbocycles. The Bertz CT molecular complexity index is 1220. The number of ether oxygens (including phenoxy) is 2. The largest absolute Gasteiger partial charge is 0.543 e. The lowest BCUT2D eigenvalue weighted by Crippen LogP contribution is -2.49. The van der Waals surface area contributed by atoms with E-state index in [0.717, 1.165) is 23.5 Å². The molecular formula is C33H42O5Si. The van der Waals surface area contributed by atoms with Crippen LogP contribution in [-0.4, -0.2) is 26.9 Å². The van der Waals surface area contributed by atoms with E-state index in [-0.39, 0.29) is 17.1 Å². The molecule has 2 aromatic rings. The van der Waals surface area contributed by atoms with Crippen molar-refractivity contribution in [1.29, 1.82) is 0 Å². The van der Waals surface area contributed by atoms with Gasteiger partial charge < -0.3 is 13.9 Å². The summed E-state index contributed by atoms with van der Waals surface area (Å²) < 4.78 is 17.8. The maximum Gasteiger partial charge on any atom is 0.343 e. The highest BCUT2D eigenvalue weighted by molar-refractivity contribution is 6.74. The number of rotatable bonds is 8. The van der Waals surface area contributed by atoms with Gasteiger partial charge in [-0.2, -0.15) is 0 Å². The molecule has 0 aliphatic heterocycles. The summed E-state index contributed by atoms with van der Waals surface area (Å²) >= 11 is 0. The summed E-state index contributed by atoms with van der Waals surface area (Å²) in [4.78, 5) is 25.4. The second kappa shape index (κ2) is 10.3. The molecule has 4 bridgehead atoms. The standard InChI is InChI=1S/C33H42O5Si/c1-7-14-36-30(34)25-8-11-27(12-9-25)37-31(35)26-10-13-29(38-39(5,6)32(2,3)4)28(18-26)33-19-22-15-23(20-33)17-24(16-22)21-33/h7-13,18,22-24H,1,14-17,19-21H2,2-6H3. The third kappa shape index (κ3) is 5.58. The third-order valence-corrected chi connectivity index (χ3v) is 14.0. The van der Waals surface area contributed by atoms with E-state index in [9.17, 15) is 9.59 Å². The predicted molar refractivity (Wildman–Crippen MR) is 156 cm³/mol. The lowest BCUT2D eigenvalue weighted by molar-refractivity contribution is -0.00589. The van der Waals surface area contributed by atoms with Crippen molar-refractivity contribution in [3.63, 3.8) is 0 Å². The van der Waals surface area contributed by atoms with Crippen LogP contribution < -0.4 is 9.16 Å². The van der Waals surface area contributed by atoms with Crippen molar-refractivity contribution in [2.45, 2.75) is 82.8 Å². The summed E-state index contributed by atoms with van der Waals surface area (Å²) in [6, 6.07) is 12.4. The Hall–Kier alpha value is -2.86. The Morgan fingerprint density at radius 1 is 0.923 bits per heavy atom. The summed E-state index contributed by atoms with van der Waals surface area (Å²) in [7, 11) is -2.08. The zero-order valence-electron chi connectivity index (χ0n) is 24.0. The van der Waals surface area contributed by atoms with Crippen LogP contribution in [0.15, 0.2) is 55.1 Å². The van der Waals surface area contributed by atoms with Crippen molar-refractivity contribution in [3.05, 3.63) is 71.8 Å². The zero-order chi connectivity index (χ0) is 28.0. The van der Waals surface area contributed by atoms with Crippen LogP contribution in [0, 0.1) is 17.8 Å². The maximum atomic E-state index is 13.4. The minimum Gasteiger partial charge on any atom is -0.543 e. The minimum absolute atomic E-state index is 0.0770. The molecule has 0 saturated heterocycles. The Balaban J connectivity index is 1.43. The predicted octanol–water partition coefficient (Wildman–Crippen LogP) is 8.10. The maximum absolute atomic E-state index is 13.4. The van der Waals surface area contributed by atoms with Crippen molar-refractivity contribution >= 4 is 20.3 Å². The smallest absolute Gasteiger partial charge is 0.343 e. The molecule has 4 saturated carbocycles. The summed E-state index contributed by atoms with van der Waals surface area (Å²) in [6.07, 6.45) is 9.16. The molecule has 4 fully saturated rings. The van der Waals surface area contributed by atoms with Crippen LogP contribution in [0.4, 0.5) is 0 Å². The SMILES string of the molecule is C=CCOC(=O)c1ccc(OC(=O)c2ccc(O[Si](C)(C)C(C)(C)C)c(C34CC5CC(CC(C5)C3)C4)c2)cc1. The fraction of sp³-hybridized carbons (Fsp3) is 0.515. The number of carbonyl (C=O) groups is 2. The number of hydrogen-bond donors (Lipinski definition) is 0. The minimum atomic E-state index is -2.08. The average Bonchev–Trinajstić information content (AvgIpc) is 2.86. The van der Waals surface area contributed by atoms with Crippen LogP contribution in [0.2, 0.25) is 18.1 Å². The van der Waals surface area contributed by atoms with E-state index in [4.69, 9.17) is 13.9 Å². The monoisotopic (exact) mass is 546 g/mol.